The molecule has 0 aliphatic carbocycles. The van der Waals surface area contributed by atoms with Crippen LogP contribution in [0.5, 0.6) is 0 Å². The summed E-state index contributed by atoms with van der Waals surface area (Å²) in [6, 6.07) is 16.9. The molecule has 0 saturated carbocycles. The number of anilines is 1. The lowest BCUT2D eigenvalue weighted by Gasteiger charge is -1.97. The maximum Gasteiger partial charge on any atom is 0.228 e. The van der Waals surface area contributed by atoms with Crippen LogP contribution in [0.3, 0.4) is 0 Å². The van der Waals surface area contributed by atoms with Gasteiger partial charge in [-0.25, -0.2) is 0 Å². The summed E-state index contributed by atoms with van der Waals surface area (Å²) < 4.78 is 5.75. The summed E-state index contributed by atoms with van der Waals surface area (Å²) in [6.45, 7) is 0. The minimum Gasteiger partial charge on any atom is -0.434 e. The van der Waals surface area contributed by atoms with Crippen LogP contribution in [-0.2, 0) is 0 Å². The van der Waals surface area contributed by atoms with Crippen LogP contribution in [0.2, 0.25) is 5.02 Å². The molecule has 2 aromatic carbocycles. The maximum atomic E-state index is 5.91. The van der Waals surface area contributed by atoms with Crippen molar-refractivity contribution in [1.82, 2.24) is 4.98 Å². The Kier molecular flexibility index (Phi) is 2.97. The molecule has 0 saturated heterocycles. The molecule has 1 aromatic heterocycles. The van der Waals surface area contributed by atoms with Crippen molar-refractivity contribution in [1.29, 1.82) is 0 Å². The van der Waals surface area contributed by atoms with E-state index in [0.29, 0.717) is 22.5 Å². The molecule has 0 amide bonds. The van der Waals surface area contributed by atoms with E-state index in [2.05, 4.69) is 4.98 Å². The highest BCUT2D eigenvalue weighted by Gasteiger charge is 2.13. The Morgan fingerprint density at radius 1 is 0.895 bits per heavy atom. The predicted octanol–water partition coefficient (Wildman–Crippen LogP) is 4.24. The Bertz CT molecular complexity index is 690. The molecular weight excluding hydrogens is 260 g/mol. The van der Waals surface area contributed by atoms with Gasteiger partial charge < -0.3 is 10.2 Å². The van der Waals surface area contributed by atoms with Crippen molar-refractivity contribution in [2.75, 3.05) is 5.73 Å². The zero-order valence-electron chi connectivity index (χ0n) is 10.0. The largest absolute Gasteiger partial charge is 0.434 e. The van der Waals surface area contributed by atoms with E-state index in [0.717, 1.165) is 11.1 Å². The molecule has 3 aromatic rings. The molecule has 0 aliphatic rings. The molecule has 0 spiro atoms. The molecule has 19 heavy (non-hydrogen) atoms. The number of benzene rings is 2. The minimum atomic E-state index is 0.376. The highest BCUT2D eigenvalue weighted by Crippen LogP contribution is 2.31. The van der Waals surface area contributed by atoms with Crippen LogP contribution in [0.1, 0.15) is 0 Å². The second-order valence-electron chi connectivity index (χ2n) is 4.11. The third-order valence-electron chi connectivity index (χ3n) is 2.78. The summed E-state index contributed by atoms with van der Waals surface area (Å²) in [6.07, 6.45) is 0. The number of nitrogens with two attached hydrogens (primary N) is 1. The first-order valence-corrected chi connectivity index (χ1v) is 6.19. The van der Waals surface area contributed by atoms with Crippen molar-refractivity contribution in [3.63, 3.8) is 0 Å². The number of hydrogen-bond acceptors (Lipinski definition) is 3. The Hall–Kier alpha value is -2.26. The first-order chi connectivity index (χ1) is 9.24. The molecular formula is C15H11ClN2O. The van der Waals surface area contributed by atoms with Gasteiger partial charge in [0, 0.05) is 16.1 Å². The van der Waals surface area contributed by atoms with Gasteiger partial charge in [0.1, 0.15) is 0 Å². The Balaban J connectivity index is 2.05. The topological polar surface area (TPSA) is 52.0 Å². The number of nitrogens with zero attached hydrogens (tertiary/aromatic N) is 1. The molecule has 0 aliphatic heterocycles. The van der Waals surface area contributed by atoms with Crippen LogP contribution in [0, 0.1) is 0 Å². The standard InChI is InChI=1S/C15H11ClN2O/c16-12-8-6-10(7-9-12)13-14(17)18-15(19-13)11-4-2-1-3-5-11/h1-9H,17H2. The van der Waals surface area contributed by atoms with Crippen LogP contribution < -0.4 is 5.73 Å². The van der Waals surface area contributed by atoms with E-state index < -0.39 is 0 Å². The highest BCUT2D eigenvalue weighted by molar-refractivity contribution is 6.30. The second kappa shape index (κ2) is 4.78. The van der Waals surface area contributed by atoms with Gasteiger partial charge in [0.15, 0.2) is 11.6 Å². The van der Waals surface area contributed by atoms with Crippen LogP contribution in [-0.4, -0.2) is 4.98 Å². The lowest BCUT2D eigenvalue weighted by Crippen LogP contribution is -1.87. The minimum absolute atomic E-state index is 0.376. The van der Waals surface area contributed by atoms with Crippen LogP contribution in [0.25, 0.3) is 22.8 Å². The van der Waals surface area contributed by atoms with Gasteiger partial charge in [0.05, 0.1) is 0 Å². The van der Waals surface area contributed by atoms with E-state index in [4.69, 9.17) is 21.8 Å². The van der Waals surface area contributed by atoms with Gasteiger partial charge >= 0.3 is 0 Å². The van der Waals surface area contributed by atoms with Gasteiger partial charge in [-0.05, 0) is 36.4 Å². The summed E-state index contributed by atoms with van der Waals surface area (Å²) in [5.41, 5.74) is 7.67. The third kappa shape index (κ3) is 2.33. The van der Waals surface area contributed by atoms with Crippen LogP contribution >= 0.6 is 11.6 Å². The monoisotopic (exact) mass is 270 g/mol. The molecule has 0 radical (unpaired) electrons. The SMILES string of the molecule is Nc1nc(-c2ccccc2)oc1-c1ccc(Cl)cc1. The number of aromatic nitrogens is 1. The number of rotatable bonds is 2. The number of hydrogen-bond donors (Lipinski definition) is 1. The summed E-state index contributed by atoms with van der Waals surface area (Å²) >= 11 is 5.86. The summed E-state index contributed by atoms with van der Waals surface area (Å²) in [5.74, 6) is 1.46. The Labute approximate surface area is 115 Å². The van der Waals surface area contributed by atoms with E-state index in [-0.39, 0.29) is 0 Å². The van der Waals surface area contributed by atoms with Crippen LogP contribution in [0.4, 0.5) is 5.82 Å². The third-order valence-corrected chi connectivity index (χ3v) is 3.03. The van der Waals surface area contributed by atoms with Crippen molar-refractivity contribution in [2.45, 2.75) is 0 Å². The lowest BCUT2D eigenvalue weighted by molar-refractivity contribution is 0.589. The molecule has 1 heterocycles. The van der Waals surface area contributed by atoms with Crippen molar-refractivity contribution in [3.05, 3.63) is 59.6 Å². The molecule has 4 heteroatoms. The fourth-order valence-electron chi connectivity index (χ4n) is 1.84. The molecule has 3 rings (SSSR count). The van der Waals surface area contributed by atoms with Crippen LogP contribution in [0.15, 0.2) is 59.0 Å². The number of oxazole rings is 1. The molecule has 3 nitrogen and oxygen atoms in total. The average molecular weight is 271 g/mol. The maximum absolute atomic E-state index is 5.91. The quantitative estimate of drug-likeness (QED) is 0.757. The first kappa shape index (κ1) is 11.8. The summed E-state index contributed by atoms with van der Waals surface area (Å²) in [7, 11) is 0. The van der Waals surface area contributed by atoms with Gasteiger partial charge in [0.25, 0.3) is 0 Å². The van der Waals surface area contributed by atoms with Crippen molar-refractivity contribution >= 4 is 17.4 Å². The smallest absolute Gasteiger partial charge is 0.228 e. The molecule has 0 atom stereocenters. The average Bonchev–Trinajstić information content (AvgIpc) is 2.83. The zero-order valence-corrected chi connectivity index (χ0v) is 10.8. The summed E-state index contributed by atoms with van der Waals surface area (Å²) in [4.78, 5) is 4.26. The van der Waals surface area contributed by atoms with E-state index in [1.807, 2.05) is 42.5 Å². The van der Waals surface area contributed by atoms with Gasteiger partial charge in [-0.15, -0.1) is 0 Å². The van der Waals surface area contributed by atoms with Gasteiger partial charge in [-0.1, -0.05) is 29.8 Å². The highest BCUT2D eigenvalue weighted by atomic mass is 35.5. The molecule has 0 unspecified atom stereocenters. The van der Waals surface area contributed by atoms with Gasteiger partial charge in [-0.2, -0.15) is 4.98 Å². The Morgan fingerprint density at radius 3 is 2.26 bits per heavy atom. The fraction of sp³-hybridized carbons (Fsp3) is 0. The van der Waals surface area contributed by atoms with E-state index in [1.54, 1.807) is 12.1 Å². The van der Waals surface area contributed by atoms with Crippen molar-refractivity contribution in [3.8, 4) is 22.8 Å². The van der Waals surface area contributed by atoms with E-state index in [9.17, 15) is 0 Å². The molecule has 0 bridgehead atoms. The van der Waals surface area contributed by atoms with Crippen molar-refractivity contribution in [2.24, 2.45) is 0 Å². The van der Waals surface area contributed by atoms with Gasteiger partial charge in [-0.3, -0.25) is 0 Å². The first-order valence-electron chi connectivity index (χ1n) is 5.82. The molecule has 94 valence electrons. The molecule has 0 fully saturated rings. The van der Waals surface area contributed by atoms with Gasteiger partial charge in [0.2, 0.25) is 5.89 Å². The zero-order chi connectivity index (χ0) is 13.2. The number of nitrogen functional groups attached to an aromatic ring is 1. The van der Waals surface area contributed by atoms with E-state index in [1.165, 1.54) is 0 Å². The molecule has 2 N–H and O–H groups in total. The van der Waals surface area contributed by atoms with Crippen molar-refractivity contribution < 1.29 is 4.42 Å². The predicted molar refractivity (Wildman–Crippen MR) is 76.8 cm³/mol. The normalized spacial score (nSPS) is 10.6. The summed E-state index contributed by atoms with van der Waals surface area (Å²) in [5, 5.41) is 0.671. The second-order valence-corrected chi connectivity index (χ2v) is 4.54. The number of halogens is 1. The Morgan fingerprint density at radius 2 is 1.58 bits per heavy atom. The lowest BCUT2D eigenvalue weighted by atomic mass is 10.2. The van der Waals surface area contributed by atoms with E-state index >= 15 is 0 Å². The fourth-order valence-corrected chi connectivity index (χ4v) is 1.97.